The molecule has 3 nitrogen and oxygen atoms in total. The van der Waals surface area contributed by atoms with E-state index in [1.165, 1.54) is 0 Å². The summed E-state index contributed by atoms with van der Waals surface area (Å²) in [7, 11) is -3.33. The molecule has 2 saturated carbocycles. The molecule has 0 aromatic rings. The summed E-state index contributed by atoms with van der Waals surface area (Å²) >= 11 is 0. The van der Waals surface area contributed by atoms with Crippen molar-refractivity contribution in [2.45, 2.75) is 51.9 Å². The van der Waals surface area contributed by atoms with E-state index in [1.807, 2.05) is 6.92 Å². The summed E-state index contributed by atoms with van der Waals surface area (Å²) in [6, 6.07) is 0. The molecule has 92 valence electrons. The first-order valence-electron chi connectivity index (χ1n) is 6.02. The Labute approximate surface area is 97.7 Å². The summed E-state index contributed by atoms with van der Waals surface area (Å²) in [6.45, 7) is 10.8. The van der Waals surface area contributed by atoms with Crippen LogP contribution in [0.15, 0.2) is 0 Å². The van der Waals surface area contributed by atoms with Crippen LogP contribution >= 0.6 is 0 Å². The Morgan fingerprint density at radius 3 is 2.19 bits per heavy atom. The molecular formula is C12H20O3S. The Morgan fingerprint density at radius 2 is 1.75 bits per heavy atom. The number of rotatable bonds is 0. The molecule has 0 spiro atoms. The largest absolute Gasteiger partial charge is 0.271 e. The molecule has 0 N–H and O–H groups in total. The molecule has 0 amide bonds. The van der Waals surface area contributed by atoms with E-state index in [1.54, 1.807) is 0 Å². The van der Waals surface area contributed by atoms with Crippen molar-refractivity contribution in [3.8, 4) is 0 Å². The average Bonchev–Trinajstić information content (AvgIpc) is 2.51. The van der Waals surface area contributed by atoms with Gasteiger partial charge in [0.25, 0.3) is 10.1 Å². The minimum Gasteiger partial charge on any atom is -0.263 e. The monoisotopic (exact) mass is 244 g/mol. The molecule has 1 aliphatic heterocycles. The molecule has 1 heterocycles. The van der Waals surface area contributed by atoms with Crippen LogP contribution < -0.4 is 0 Å². The van der Waals surface area contributed by atoms with Crippen LogP contribution in [0.4, 0.5) is 0 Å². The smallest absolute Gasteiger partial charge is 0.263 e. The van der Waals surface area contributed by atoms with Crippen molar-refractivity contribution >= 4 is 10.1 Å². The van der Waals surface area contributed by atoms with Gasteiger partial charge in [0, 0.05) is 11.3 Å². The minimum absolute atomic E-state index is 0.0792. The van der Waals surface area contributed by atoms with E-state index in [9.17, 15) is 8.42 Å². The summed E-state index contributed by atoms with van der Waals surface area (Å²) in [4.78, 5) is 0. The predicted octanol–water partition coefficient (Wildman–Crippen LogP) is 2.18. The van der Waals surface area contributed by atoms with Gasteiger partial charge in [-0.2, -0.15) is 8.42 Å². The first-order chi connectivity index (χ1) is 7.08. The zero-order valence-electron chi connectivity index (χ0n) is 10.6. The summed E-state index contributed by atoms with van der Waals surface area (Å²) in [5, 5.41) is -0.259. The average molecular weight is 244 g/mol. The fourth-order valence-electron chi connectivity index (χ4n) is 4.83. The third kappa shape index (κ3) is 0.769. The quantitative estimate of drug-likeness (QED) is 0.613. The van der Waals surface area contributed by atoms with Crippen LogP contribution in [0.2, 0.25) is 0 Å². The molecule has 2 bridgehead atoms. The van der Waals surface area contributed by atoms with E-state index >= 15 is 0 Å². The fraction of sp³-hybridized carbons (Fsp3) is 1.00. The van der Waals surface area contributed by atoms with E-state index in [0.29, 0.717) is 5.92 Å². The Balaban J connectivity index is 2.30. The molecule has 2 aliphatic carbocycles. The molecule has 3 rings (SSSR count). The highest BCUT2D eigenvalue weighted by Gasteiger charge is 2.80. The normalized spacial score (nSPS) is 60.4. The SMILES string of the molecule is CC1C2C3CC1(C)C(C)(C)C2(C)OS3(=O)=O. The van der Waals surface area contributed by atoms with Gasteiger partial charge in [0.05, 0.1) is 10.9 Å². The summed E-state index contributed by atoms with van der Waals surface area (Å²) in [6.07, 6.45) is 0.768. The van der Waals surface area contributed by atoms with Gasteiger partial charge >= 0.3 is 0 Å². The van der Waals surface area contributed by atoms with Crippen LogP contribution in [-0.2, 0) is 14.3 Å². The third-order valence-electron chi connectivity index (χ3n) is 6.53. The summed E-state index contributed by atoms with van der Waals surface area (Å²) in [5.74, 6) is 0.604. The van der Waals surface area contributed by atoms with E-state index in [2.05, 4.69) is 27.7 Å². The van der Waals surface area contributed by atoms with Crippen molar-refractivity contribution < 1.29 is 12.6 Å². The molecule has 5 atom stereocenters. The van der Waals surface area contributed by atoms with Gasteiger partial charge < -0.3 is 0 Å². The Bertz CT molecular complexity index is 464. The summed E-state index contributed by atoms with van der Waals surface area (Å²) < 4.78 is 29.6. The standard InChI is InChI=1S/C12H20O3S/c1-7-9-8-6-11(7,4)10(2,3)12(9,5)15-16(8,13)14/h7-9H,6H2,1-5H3. The summed E-state index contributed by atoms with van der Waals surface area (Å²) in [5.41, 5.74) is -0.492. The van der Waals surface area contributed by atoms with Gasteiger partial charge in [0.15, 0.2) is 0 Å². The van der Waals surface area contributed by atoms with Crippen LogP contribution in [-0.4, -0.2) is 19.3 Å². The number of hydrogen-bond donors (Lipinski definition) is 0. The van der Waals surface area contributed by atoms with Gasteiger partial charge in [0.2, 0.25) is 0 Å². The topological polar surface area (TPSA) is 43.4 Å². The molecule has 0 aromatic carbocycles. The molecule has 5 unspecified atom stereocenters. The van der Waals surface area contributed by atoms with Crippen LogP contribution in [0.5, 0.6) is 0 Å². The lowest BCUT2D eigenvalue weighted by atomic mass is 9.59. The second kappa shape index (κ2) is 2.37. The van der Waals surface area contributed by atoms with Gasteiger partial charge in [-0.25, -0.2) is 0 Å². The van der Waals surface area contributed by atoms with Gasteiger partial charge in [-0.15, -0.1) is 0 Å². The zero-order chi connectivity index (χ0) is 12.1. The van der Waals surface area contributed by atoms with E-state index in [4.69, 9.17) is 4.18 Å². The van der Waals surface area contributed by atoms with Gasteiger partial charge in [-0.1, -0.05) is 27.7 Å². The second-order valence-corrected chi connectivity index (χ2v) is 8.54. The highest BCUT2D eigenvalue weighted by atomic mass is 32.2. The first kappa shape index (κ1) is 11.0. The van der Waals surface area contributed by atoms with Gasteiger partial charge in [0.1, 0.15) is 0 Å². The molecule has 3 aliphatic rings. The molecule has 4 heteroatoms. The molecule has 0 radical (unpaired) electrons. The Hall–Kier alpha value is -0.0900. The Kier molecular flexibility index (Phi) is 1.63. The van der Waals surface area contributed by atoms with Crippen molar-refractivity contribution in [3.05, 3.63) is 0 Å². The van der Waals surface area contributed by atoms with Crippen LogP contribution in [0.25, 0.3) is 0 Å². The number of hydrogen-bond acceptors (Lipinski definition) is 3. The molecule has 0 aromatic heterocycles. The van der Waals surface area contributed by atoms with E-state index in [-0.39, 0.29) is 22.0 Å². The minimum atomic E-state index is -3.33. The van der Waals surface area contributed by atoms with Crippen LogP contribution in [0, 0.1) is 22.7 Å². The van der Waals surface area contributed by atoms with E-state index < -0.39 is 15.7 Å². The maximum absolute atomic E-state index is 12.0. The van der Waals surface area contributed by atoms with E-state index in [0.717, 1.165) is 6.42 Å². The predicted molar refractivity (Wildman–Crippen MR) is 61.4 cm³/mol. The van der Waals surface area contributed by atoms with Crippen molar-refractivity contribution in [1.82, 2.24) is 0 Å². The lowest BCUT2D eigenvalue weighted by Crippen LogP contribution is -2.50. The third-order valence-corrected chi connectivity index (χ3v) is 8.31. The first-order valence-corrected chi connectivity index (χ1v) is 7.49. The zero-order valence-corrected chi connectivity index (χ0v) is 11.4. The molecular weight excluding hydrogens is 224 g/mol. The maximum Gasteiger partial charge on any atom is 0.271 e. The van der Waals surface area contributed by atoms with Gasteiger partial charge in [-0.3, -0.25) is 4.18 Å². The number of fused-ring (bicyclic) bond motifs is 1. The second-order valence-electron chi connectivity index (χ2n) is 6.78. The van der Waals surface area contributed by atoms with Gasteiger partial charge in [-0.05, 0) is 24.7 Å². The highest BCUT2D eigenvalue weighted by Crippen LogP contribution is 2.76. The van der Waals surface area contributed by atoms with Crippen LogP contribution in [0.3, 0.4) is 0 Å². The van der Waals surface area contributed by atoms with Crippen molar-refractivity contribution in [2.75, 3.05) is 0 Å². The lowest BCUT2D eigenvalue weighted by Gasteiger charge is -2.47. The van der Waals surface area contributed by atoms with Crippen molar-refractivity contribution in [1.29, 1.82) is 0 Å². The Morgan fingerprint density at radius 1 is 1.19 bits per heavy atom. The molecule has 16 heavy (non-hydrogen) atoms. The molecule has 3 fully saturated rings. The maximum atomic E-state index is 12.0. The van der Waals surface area contributed by atoms with Crippen LogP contribution in [0.1, 0.15) is 41.0 Å². The highest BCUT2D eigenvalue weighted by molar-refractivity contribution is 7.87. The fourth-order valence-corrected chi connectivity index (χ4v) is 7.16. The molecule has 1 saturated heterocycles. The van der Waals surface area contributed by atoms with Crippen molar-refractivity contribution in [3.63, 3.8) is 0 Å². The lowest BCUT2D eigenvalue weighted by molar-refractivity contribution is -0.0653. The van der Waals surface area contributed by atoms with Crippen molar-refractivity contribution in [2.24, 2.45) is 22.7 Å².